The van der Waals surface area contributed by atoms with Crippen LogP contribution in [0.5, 0.6) is 5.75 Å². The number of hydrogen-bond acceptors (Lipinski definition) is 6. The van der Waals surface area contributed by atoms with Crippen molar-refractivity contribution in [1.29, 1.82) is 0 Å². The molecule has 6 nitrogen and oxygen atoms in total. The van der Waals surface area contributed by atoms with Crippen LogP contribution in [0.3, 0.4) is 0 Å². The van der Waals surface area contributed by atoms with Crippen molar-refractivity contribution in [2.45, 2.75) is 86.2 Å². The molecule has 0 radical (unpaired) electrons. The number of rotatable bonds is 6. The molecule has 222 valence electrons. The second kappa shape index (κ2) is 10.0. The van der Waals surface area contributed by atoms with Crippen molar-refractivity contribution in [3.63, 3.8) is 0 Å². The summed E-state index contributed by atoms with van der Waals surface area (Å²) >= 11 is 0. The summed E-state index contributed by atoms with van der Waals surface area (Å²) in [6.07, 6.45) is 3.01. The van der Waals surface area contributed by atoms with Gasteiger partial charge in [-0.2, -0.15) is 0 Å². The van der Waals surface area contributed by atoms with Crippen LogP contribution in [0.1, 0.15) is 82.7 Å². The van der Waals surface area contributed by atoms with E-state index in [1.165, 1.54) is 24.1 Å². The van der Waals surface area contributed by atoms with Gasteiger partial charge < -0.3 is 15.3 Å². The number of carbonyl (C=O) groups excluding carboxylic acids is 3. The smallest absolute Gasteiger partial charge is 0.206 e. The SMILES string of the molecule is CCc1cccc(CCc2ccc(O)c3c2C[C@@]2(C)C[C@@]4(C)[C@H](C(C)C)C(C)=C(C(C)=O)C(=O)[C@@]4(O)C(=O)C2=C3O)c1. The zero-order valence-electron chi connectivity index (χ0n) is 25.7. The third-order valence-corrected chi connectivity index (χ3v) is 10.4. The third kappa shape index (κ3) is 4.05. The van der Waals surface area contributed by atoms with Gasteiger partial charge in [-0.15, -0.1) is 0 Å². The number of aromatic hydroxyl groups is 1. The number of hydrogen-bond donors (Lipinski definition) is 3. The van der Waals surface area contributed by atoms with E-state index in [1.54, 1.807) is 13.8 Å². The molecule has 0 heterocycles. The van der Waals surface area contributed by atoms with Crippen molar-refractivity contribution in [2.24, 2.45) is 22.7 Å². The molecule has 0 amide bonds. The largest absolute Gasteiger partial charge is 0.507 e. The highest BCUT2D eigenvalue weighted by molar-refractivity contribution is 6.33. The molecule has 0 aliphatic heterocycles. The van der Waals surface area contributed by atoms with Gasteiger partial charge in [0.05, 0.1) is 11.1 Å². The van der Waals surface area contributed by atoms with Crippen LogP contribution in [0.15, 0.2) is 53.1 Å². The molecule has 0 spiro atoms. The number of aliphatic hydroxyl groups is 2. The Kier molecular flexibility index (Phi) is 7.17. The van der Waals surface area contributed by atoms with Gasteiger partial charge in [0.1, 0.15) is 11.5 Å². The summed E-state index contributed by atoms with van der Waals surface area (Å²) in [6.45, 7) is 12.8. The molecular weight excluding hydrogens is 528 g/mol. The molecule has 42 heavy (non-hydrogen) atoms. The molecule has 4 atom stereocenters. The molecule has 1 saturated carbocycles. The summed E-state index contributed by atoms with van der Waals surface area (Å²) in [6, 6.07) is 11.9. The zero-order valence-corrected chi connectivity index (χ0v) is 25.7. The summed E-state index contributed by atoms with van der Waals surface area (Å²) in [7, 11) is 0. The molecule has 2 aromatic carbocycles. The number of ketones is 3. The number of Topliss-reactive ketones (excluding diaryl/α,β-unsaturated/α-hetero) is 3. The van der Waals surface area contributed by atoms with Gasteiger partial charge in [-0.05, 0) is 86.1 Å². The van der Waals surface area contributed by atoms with Crippen molar-refractivity contribution in [3.8, 4) is 5.75 Å². The van der Waals surface area contributed by atoms with Crippen LogP contribution in [0.25, 0.3) is 5.76 Å². The fourth-order valence-corrected chi connectivity index (χ4v) is 8.83. The first-order chi connectivity index (χ1) is 19.6. The van der Waals surface area contributed by atoms with Gasteiger partial charge in [0.2, 0.25) is 11.6 Å². The molecular formula is C36H42O6. The van der Waals surface area contributed by atoms with Crippen molar-refractivity contribution in [2.75, 3.05) is 0 Å². The second-order valence-electron chi connectivity index (χ2n) is 13.5. The number of carbonyl (C=O) groups is 3. The molecule has 3 aliphatic carbocycles. The summed E-state index contributed by atoms with van der Waals surface area (Å²) in [4.78, 5) is 41.1. The number of aryl methyl sites for hydroxylation is 3. The predicted octanol–water partition coefficient (Wildman–Crippen LogP) is 6.04. The molecule has 1 fully saturated rings. The van der Waals surface area contributed by atoms with Crippen molar-refractivity contribution < 1.29 is 29.7 Å². The standard InChI is InChI=1S/C36H42O6/c1-8-22-10-9-11-23(16-22)12-13-24-14-15-26(38)28-25(24)17-34(6)18-35(7)29(19(2)3)20(4)27(21(5)37)32(40)36(35,42)33(41)30(34)31(28)39/h9-11,14-16,19,29,38-39,42H,8,12-13,17-18H2,1-7H3/t29-,34+,35+,36-/m1/s1. The zero-order chi connectivity index (χ0) is 30.9. The molecule has 2 aromatic rings. The Balaban J connectivity index is 1.67. The quantitative estimate of drug-likeness (QED) is 0.288. The number of allylic oxidation sites excluding steroid dienone is 1. The van der Waals surface area contributed by atoms with E-state index < -0.39 is 45.5 Å². The van der Waals surface area contributed by atoms with E-state index >= 15 is 0 Å². The molecule has 3 N–H and O–H groups in total. The lowest BCUT2D eigenvalue weighted by atomic mass is 9.42. The molecule has 0 aromatic heterocycles. The first kappa shape index (κ1) is 30.0. The number of phenols is 1. The maximum absolute atomic E-state index is 14.5. The highest BCUT2D eigenvalue weighted by Gasteiger charge is 2.72. The maximum Gasteiger partial charge on any atom is 0.206 e. The van der Waals surface area contributed by atoms with Gasteiger partial charge in [-0.25, -0.2) is 0 Å². The first-order valence-corrected chi connectivity index (χ1v) is 15.0. The van der Waals surface area contributed by atoms with E-state index in [0.717, 1.165) is 24.0 Å². The van der Waals surface area contributed by atoms with Gasteiger partial charge >= 0.3 is 0 Å². The van der Waals surface area contributed by atoms with Crippen LogP contribution in [0, 0.1) is 22.7 Å². The van der Waals surface area contributed by atoms with Crippen LogP contribution in [-0.4, -0.2) is 38.3 Å². The molecule has 0 saturated heterocycles. The third-order valence-electron chi connectivity index (χ3n) is 10.4. The molecule has 0 bridgehead atoms. The number of benzene rings is 2. The topological polar surface area (TPSA) is 112 Å². The van der Waals surface area contributed by atoms with Crippen molar-refractivity contribution in [3.05, 3.63) is 80.9 Å². The van der Waals surface area contributed by atoms with E-state index in [9.17, 15) is 29.7 Å². The van der Waals surface area contributed by atoms with Crippen LogP contribution in [0.2, 0.25) is 0 Å². The van der Waals surface area contributed by atoms with E-state index in [4.69, 9.17) is 0 Å². The molecule has 6 heteroatoms. The fraction of sp³-hybridized carbons (Fsp3) is 0.472. The van der Waals surface area contributed by atoms with Gasteiger partial charge in [-0.1, -0.05) is 70.5 Å². The van der Waals surface area contributed by atoms with Crippen molar-refractivity contribution >= 4 is 23.1 Å². The average Bonchev–Trinajstić information content (AvgIpc) is 2.90. The van der Waals surface area contributed by atoms with Gasteiger partial charge in [0.15, 0.2) is 11.4 Å². The van der Waals surface area contributed by atoms with E-state index in [1.807, 2.05) is 26.8 Å². The highest BCUT2D eigenvalue weighted by atomic mass is 16.3. The Hall–Kier alpha value is -3.51. The van der Waals surface area contributed by atoms with Crippen LogP contribution in [0.4, 0.5) is 0 Å². The Morgan fingerprint density at radius 3 is 2.31 bits per heavy atom. The fourth-order valence-electron chi connectivity index (χ4n) is 8.83. The van der Waals surface area contributed by atoms with Crippen molar-refractivity contribution in [1.82, 2.24) is 0 Å². The Morgan fingerprint density at radius 1 is 1.02 bits per heavy atom. The van der Waals surface area contributed by atoms with E-state index in [-0.39, 0.29) is 34.8 Å². The summed E-state index contributed by atoms with van der Waals surface area (Å²) in [5.41, 5.74) is 0.198. The number of aliphatic hydroxyl groups excluding tert-OH is 1. The van der Waals surface area contributed by atoms with Crippen LogP contribution in [-0.2, 0) is 40.1 Å². The maximum atomic E-state index is 14.5. The van der Waals surface area contributed by atoms with E-state index in [0.29, 0.717) is 18.4 Å². The van der Waals surface area contributed by atoms with Crippen LogP contribution < -0.4 is 0 Å². The van der Waals surface area contributed by atoms with Crippen LogP contribution >= 0.6 is 0 Å². The Bertz CT molecular complexity index is 1590. The molecule has 3 aliphatic rings. The summed E-state index contributed by atoms with van der Waals surface area (Å²) in [5.74, 6) is -3.29. The number of phenolic OH excluding ortho intramolecular Hbond substituents is 1. The second-order valence-corrected chi connectivity index (χ2v) is 13.5. The predicted molar refractivity (Wildman–Crippen MR) is 162 cm³/mol. The minimum Gasteiger partial charge on any atom is -0.507 e. The minimum atomic E-state index is -2.51. The highest BCUT2D eigenvalue weighted by Crippen LogP contribution is 2.65. The summed E-state index contributed by atoms with van der Waals surface area (Å²) in [5, 5.41) is 34.9. The van der Waals surface area contributed by atoms with Gasteiger partial charge in [0, 0.05) is 16.4 Å². The van der Waals surface area contributed by atoms with Gasteiger partial charge in [-0.3, -0.25) is 14.4 Å². The Labute approximate surface area is 248 Å². The Morgan fingerprint density at radius 2 is 1.69 bits per heavy atom. The molecule has 0 unspecified atom stereocenters. The minimum absolute atomic E-state index is 0.0450. The monoisotopic (exact) mass is 570 g/mol. The average molecular weight is 571 g/mol. The summed E-state index contributed by atoms with van der Waals surface area (Å²) < 4.78 is 0. The number of fused-ring (bicyclic) bond motifs is 3. The first-order valence-electron chi connectivity index (χ1n) is 15.0. The lowest BCUT2D eigenvalue weighted by Crippen LogP contribution is -2.70. The van der Waals surface area contributed by atoms with E-state index in [2.05, 4.69) is 31.2 Å². The lowest BCUT2D eigenvalue weighted by molar-refractivity contribution is -0.180. The molecule has 5 rings (SSSR count). The lowest BCUT2D eigenvalue weighted by Gasteiger charge is -2.60. The van der Waals surface area contributed by atoms with Gasteiger partial charge in [0.25, 0.3) is 0 Å². The normalized spacial score (nSPS) is 29.0.